The van der Waals surface area contributed by atoms with E-state index >= 15 is 0 Å². The third kappa shape index (κ3) is 4.15. The molecule has 0 spiro atoms. The van der Waals surface area contributed by atoms with Crippen LogP contribution in [0.5, 0.6) is 0 Å². The van der Waals surface area contributed by atoms with Gasteiger partial charge in [-0.15, -0.1) is 11.3 Å². The molecule has 2 aromatic heterocycles. The minimum atomic E-state index is -0.358. The van der Waals surface area contributed by atoms with Crippen LogP contribution in [-0.2, 0) is 12.8 Å². The van der Waals surface area contributed by atoms with Crippen LogP contribution in [0.4, 0.5) is 11.4 Å². The van der Waals surface area contributed by atoms with Gasteiger partial charge in [0.1, 0.15) is 15.2 Å². The maximum Gasteiger partial charge on any atom is 0.263 e. The number of rotatable bonds is 3. The highest BCUT2D eigenvalue weighted by atomic mass is 32.1. The summed E-state index contributed by atoms with van der Waals surface area (Å²) in [6, 6.07) is 6.61. The lowest BCUT2D eigenvalue weighted by Crippen LogP contribution is -2.39. The lowest BCUT2D eigenvalue weighted by Gasteiger charge is -2.29. The molecule has 0 saturated carbocycles. The Labute approximate surface area is 190 Å². The molecule has 1 aliphatic heterocycles. The van der Waals surface area contributed by atoms with Crippen LogP contribution in [0.1, 0.15) is 32.9 Å². The minimum absolute atomic E-state index is 0.0670. The molecular formula is C23H28N6O2S. The summed E-state index contributed by atoms with van der Waals surface area (Å²) >= 11 is 1.30. The molecule has 1 amide bonds. The van der Waals surface area contributed by atoms with Gasteiger partial charge in [0, 0.05) is 44.1 Å². The molecule has 0 bridgehead atoms. The topological polar surface area (TPSA) is 116 Å². The van der Waals surface area contributed by atoms with Crippen LogP contribution in [-0.4, -0.2) is 59.3 Å². The van der Waals surface area contributed by atoms with Crippen molar-refractivity contribution in [3.05, 3.63) is 46.1 Å². The number of thiophene rings is 1. The van der Waals surface area contributed by atoms with Gasteiger partial charge in [-0.2, -0.15) is 0 Å². The van der Waals surface area contributed by atoms with Gasteiger partial charge in [-0.3, -0.25) is 4.79 Å². The number of carbonyl (C=O) groups is 1. The van der Waals surface area contributed by atoms with Crippen LogP contribution < -0.4 is 21.3 Å². The number of β-amino-alcohol motifs (C(OH)–C–C–N with tert-alkyl or cyclic N) is 1. The van der Waals surface area contributed by atoms with Gasteiger partial charge in [0.2, 0.25) is 0 Å². The molecule has 1 aromatic carbocycles. The number of nitrogen functional groups attached to an aromatic ring is 1. The van der Waals surface area contributed by atoms with E-state index in [4.69, 9.17) is 5.73 Å². The average Bonchev–Trinajstić information content (AvgIpc) is 2.95. The number of nitrogens with zero attached hydrogens (tertiary/aromatic N) is 3. The summed E-state index contributed by atoms with van der Waals surface area (Å²) in [6.07, 6.45) is 3.90. The zero-order chi connectivity index (χ0) is 22.2. The molecule has 1 saturated heterocycles. The molecule has 5 rings (SSSR count). The molecule has 2 aliphatic rings. The SMILES string of the molecule is Cc1cnc2c(N)c(C(=O)N[C@H]3CCc4cc(N5CCNC[C@H](O)C5)ccc4C3)sc2n1. The normalized spacial score (nSPS) is 21.2. The van der Waals surface area contributed by atoms with Gasteiger partial charge in [-0.1, -0.05) is 6.07 Å². The van der Waals surface area contributed by atoms with E-state index in [0.717, 1.165) is 43.7 Å². The van der Waals surface area contributed by atoms with E-state index in [9.17, 15) is 9.90 Å². The van der Waals surface area contributed by atoms with Crippen molar-refractivity contribution in [2.75, 3.05) is 36.8 Å². The van der Waals surface area contributed by atoms with Crippen molar-refractivity contribution in [2.24, 2.45) is 0 Å². The predicted octanol–water partition coefficient (Wildman–Crippen LogP) is 1.64. The summed E-state index contributed by atoms with van der Waals surface area (Å²) in [6.45, 7) is 4.91. The summed E-state index contributed by atoms with van der Waals surface area (Å²) in [4.78, 5) is 25.2. The highest BCUT2D eigenvalue weighted by Gasteiger charge is 2.25. The summed E-state index contributed by atoms with van der Waals surface area (Å²) in [5.41, 5.74) is 11.8. The van der Waals surface area contributed by atoms with Gasteiger partial charge in [0.25, 0.3) is 5.91 Å². The van der Waals surface area contributed by atoms with E-state index in [1.807, 2.05) is 6.92 Å². The van der Waals surface area contributed by atoms with Crippen molar-refractivity contribution in [1.82, 2.24) is 20.6 Å². The maximum atomic E-state index is 13.0. The van der Waals surface area contributed by atoms with Crippen LogP contribution >= 0.6 is 11.3 Å². The first kappa shape index (κ1) is 21.1. The quantitative estimate of drug-likeness (QED) is 0.477. The Morgan fingerprint density at radius 2 is 2.25 bits per heavy atom. The second-order valence-corrected chi connectivity index (χ2v) is 9.68. The number of carbonyl (C=O) groups excluding carboxylic acids is 1. The fraction of sp³-hybridized carbons (Fsp3) is 0.435. The second-order valence-electron chi connectivity index (χ2n) is 8.68. The highest BCUT2D eigenvalue weighted by molar-refractivity contribution is 7.21. The third-order valence-corrected chi connectivity index (χ3v) is 7.34. The van der Waals surface area contributed by atoms with Gasteiger partial charge >= 0.3 is 0 Å². The monoisotopic (exact) mass is 452 g/mol. The number of anilines is 2. The molecular weight excluding hydrogens is 424 g/mol. The summed E-state index contributed by atoms with van der Waals surface area (Å²) in [7, 11) is 0. The van der Waals surface area contributed by atoms with E-state index in [2.05, 4.69) is 43.7 Å². The van der Waals surface area contributed by atoms with Crippen LogP contribution in [0.25, 0.3) is 10.3 Å². The van der Waals surface area contributed by atoms with E-state index in [-0.39, 0.29) is 18.1 Å². The lowest BCUT2D eigenvalue weighted by atomic mass is 9.87. The van der Waals surface area contributed by atoms with Crippen molar-refractivity contribution >= 4 is 39.0 Å². The Hall–Kier alpha value is -2.75. The predicted molar refractivity (Wildman–Crippen MR) is 127 cm³/mol. The number of hydrogen-bond donors (Lipinski definition) is 4. The smallest absolute Gasteiger partial charge is 0.263 e. The minimum Gasteiger partial charge on any atom is -0.396 e. The molecule has 2 atom stereocenters. The molecule has 9 heteroatoms. The molecule has 1 fully saturated rings. The van der Waals surface area contributed by atoms with Gasteiger partial charge in [0.05, 0.1) is 17.5 Å². The Kier molecular flexibility index (Phi) is 5.71. The number of aliphatic hydroxyl groups is 1. The molecule has 0 unspecified atom stereocenters. The van der Waals surface area contributed by atoms with Gasteiger partial charge < -0.3 is 26.4 Å². The molecule has 8 nitrogen and oxygen atoms in total. The Bertz CT molecular complexity index is 1160. The van der Waals surface area contributed by atoms with Crippen molar-refractivity contribution in [3.8, 4) is 0 Å². The number of benzene rings is 1. The molecule has 3 heterocycles. The number of aromatic nitrogens is 2. The van der Waals surface area contributed by atoms with Crippen molar-refractivity contribution in [2.45, 2.75) is 38.3 Å². The Balaban J connectivity index is 1.28. The van der Waals surface area contributed by atoms with Crippen LogP contribution in [0.2, 0.25) is 0 Å². The summed E-state index contributed by atoms with van der Waals surface area (Å²) in [5.74, 6) is -0.152. The molecule has 3 aromatic rings. The molecule has 0 radical (unpaired) electrons. The number of nitrogens with two attached hydrogens (primary N) is 1. The van der Waals surface area contributed by atoms with E-state index in [0.29, 0.717) is 34.0 Å². The number of nitrogens with one attached hydrogen (secondary N) is 2. The fourth-order valence-electron chi connectivity index (χ4n) is 4.58. The maximum absolute atomic E-state index is 13.0. The average molecular weight is 453 g/mol. The number of aryl methyl sites for hydroxylation is 2. The largest absolute Gasteiger partial charge is 0.396 e. The van der Waals surface area contributed by atoms with Crippen molar-refractivity contribution in [1.29, 1.82) is 0 Å². The number of aliphatic hydroxyl groups excluding tert-OH is 1. The van der Waals surface area contributed by atoms with Crippen LogP contribution in [0.15, 0.2) is 24.4 Å². The van der Waals surface area contributed by atoms with Crippen molar-refractivity contribution < 1.29 is 9.90 Å². The summed E-state index contributed by atoms with van der Waals surface area (Å²) < 4.78 is 0. The third-order valence-electron chi connectivity index (χ3n) is 6.25. The van der Waals surface area contributed by atoms with Gasteiger partial charge in [0.15, 0.2) is 0 Å². The first-order chi connectivity index (χ1) is 15.5. The first-order valence-corrected chi connectivity index (χ1v) is 11.9. The van der Waals surface area contributed by atoms with Gasteiger partial charge in [-0.05, 0) is 49.4 Å². The zero-order valence-corrected chi connectivity index (χ0v) is 18.9. The zero-order valence-electron chi connectivity index (χ0n) is 18.1. The lowest BCUT2D eigenvalue weighted by molar-refractivity contribution is 0.0938. The Morgan fingerprint density at radius 1 is 1.38 bits per heavy atom. The number of fused-ring (bicyclic) bond motifs is 2. The summed E-state index contributed by atoms with van der Waals surface area (Å²) in [5, 5.41) is 16.5. The van der Waals surface area contributed by atoms with E-state index in [1.165, 1.54) is 22.5 Å². The van der Waals surface area contributed by atoms with E-state index < -0.39 is 0 Å². The molecule has 168 valence electrons. The molecule has 5 N–H and O–H groups in total. The number of amides is 1. The Morgan fingerprint density at radius 3 is 3.12 bits per heavy atom. The molecule has 32 heavy (non-hydrogen) atoms. The standard InChI is InChI=1S/C23H28N6O2S/c1-13-10-26-20-19(24)21(32-23(20)27-13)22(31)28-16-4-2-15-9-17(5-3-14(15)8-16)29-7-6-25-11-18(30)12-29/h3,5,9-10,16,18,25,30H,2,4,6-8,11-12,24H2,1H3,(H,28,31)/t16-,18-/m0/s1. The van der Waals surface area contributed by atoms with Crippen molar-refractivity contribution in [3.63, 3.8) is 0 Å². The van der Waals surface area contributed by atoms with Gasteiger partial charge in [-0.25, -0.2) is 9.97 Å². The van der Waals surface area contributed by atoms with E-state index in [1.54, 1.807) is 6.20 Å². The first-order valence-electron chi connectivity index (χ1n) is 11.1. The van der Waals surface area contributed by atoms with Crippen LogP contribution in [0.3, 0.4) is 0 Å². The van der Waals surface area contributed by atoms with Crippen LogP contribution in [0, 0.1) is 6.92 Å². The highest BCUT2D eigenvalue weighted by Crippen LogP contribution is 2.32. The molecule has 1 aliphatic carbocycles. The fourth-order valence-corrected chi connectivity index (χ4v) is 5.58. The number of hydrogen-bond acceptors (Lipinski definition) is 8. The second kappa shape index (κ2) is 8.65.